The van der Waals surface area contributed by atoms with Crippen LogP contribution in [0.25, 0.3) is 0 Å². The number of carboxylic acids is 1. The summed E-state index contributed by atoms with van der Waals surface area (Å²) < 4.78 is 5.44. The Morgan fingerprint density at radius 2 is 2.15 bits per heavy atom. The Bertz CT molecular complexity index is 760. The zero-order valence-electron chi connectivity index (χ0n) is 15.3. The van der Waals surface area contributed by atoms with E-state index in [1.54, 1.807) is 7.11 Å². The average molecular weight is 357 g/mol. The number of rotatable bonds is 4. The molecule has 1 aromatic rings. The minimum absolute atomic E-state index is 0.0297. The number of hydrogen-bond donors (Lipinski definition) is 2. The third-order valence-corrected chi connectivity index (χ3v) is 7.58. The molecule has 1 aliphatic heterocycles. The minimum atomic E-state index is -0.956. The number of nitrogens with zero attached hydrogens (tertiary/aromatic N) is 1. The quantitative estimate of drug-likeness (QED) is 0.865. The lowest BCUT2D eigenvalue weighted by Gasteiger charge is -2.59. The van der Waals surface area contributed by atoms with Crippen molar-refractivity contribution in [2.24, 2.45) is 11.8 Å². The van der Waals surface area contributed by atoms with Gasteiger partial charge in [-0.1, -0.05) is 6.07 Å². The molecule has 3 aliphatic carbocycles. The van der Waals surface area contributed by atoms with Gasteiger partial charge in [-0.15, -0.1) is 0 Å². The van der Waals surface area contributed by atoms with Gasteiger partial charge in [0.15, 0.2) is 0 Å². The highest BCUT2D eigenvalue weighted by Crippen LogP contribution is 2.62. The van der Waals surface area contributed by atoms with Crippen LogP contribution in [-0.4, -0.2) is 52.9 Å². The maximum atomic E-state index is 12.0. The second kappa shape index (κ2) is 5.46. The van der Waals surface area contributed by atoms with Crippen LogP contribution in [0.15, 0.2) is 18.2 Å². The fourth-order valence-corrected chi connectivity index (χ4v) is 6.12. The number of carboxylic acid groups (broad SMARTS) is 1. The molecular weight excluding hydrogens is 330 g/mol. The van der Waals surface area contributed by atoms with E-state index >= 15 is 0 Å². The lowest BCUT2D eigenvalue weighted by Crippen LogP contribution is -2.69. The van der Waals surface area contributed by atoms with E-state index in [1.807, 2.05) is 6.07 Å². The van der Waals surface area contributed by atoms with Gasteiger partial charge in [0.2, 0.25) is 0 Å². The van der Waals surface area contributed by atoms with E-state index in [9.17, 15) is 15.0 Å². The zero-order chi connectivity index (χ0) is 18.1. The Kier molecular flexibility index (Phi) is 3.48. The number of piperidine rings is 1. The van der Waals surface area contributed by atoms with Gasteiger partial charge in [0.1, 0.15) is 5.75 Å². The summed E-state index contributed by atoms with van der Waals surface area (Å²) in [5.41, 5.74) is 0.975. The van der Waals surface area contributed by atoms with Crippen molar-refractivity contribution < 1.29 is 19.7 Å². The molecule has 1 aromatic carbocycles. The van der Waals surface area contributed by atoms with Crippen LogP contribution in [0.4, 0.5) is 0 Å². The highest BCUT2D eigenvalue weighted by Gasteiger charge is 2.68. The van der Waals surface area contributed by atoms with E-state index < -0.39 is 22.9 Å². The molecule has 5 nitrogen and oxygen atoms in total. The minimum Gasteiger partial charge on any atom is -0.497 e. The second-order valence-corrected chi connectivity index (χ2v) is 8.88. The molecule has 5 heteroatoms. The van der Waals surface area contributed by atoms with Gasteiger partial charge in [-0.3, -0.25) is 9.69 Å². The molecule has 0 amide bonds. The third-order valence-electron chi connectivity index (χ3n) is 7.58. The van der Waals surface area contributed by atoms with Crippen molar-refractivity contribution in [3.05, 3.63) is 29.3 Å². The van der Waals surface area contributed by atoms with Crippen LogP contribution in [-0.2, 0) is 16.6 Å². The molecule has 3 fully saturated rings. The number of ether oxygens (including phenoxy) is 1. The van der Waals surface area contributed by atoms with Crippen molar-refractivity contribution in [3.63, 3.8) is 0 Å². The first-order valence-corrected chi connectivity index (χ1v) is 9.83. The van der Waals surface area contributed by atoms with Gasteiger partial charge >= 0.3 is 5.97 Å². The molecule has 4 aliphatic rings. The Balaban J connectivity index is 1.63. The number of fused-ring (bicyclic) bond motifs is 1. The lowest BCUT2D eigenvalue weighted by molar-refractivity contribution is -0.144. The zero-order valence-corrected chi connectivity index (χ0v) is 15.3. The number of carbonyl (C=O) groups is 1. The van der Waals surface area contributed by atoms with E-state index in [0.29, 0.717) is 12.8 Å². The second-order valence-electron chi connectivity index (χ2n) is 8.88. The molecular formula is C21H27NO4. The van der Waals surface area contributed by atoms with Crippen LogP contribution in [0.1, 0.15) is 43.2 Å². The van der Waals surface area contributed by atoms with E-state index in [2.05, 4.69) is 17.0 Å². The van der Waals surface area contributed by atoms with E-state index in [-0.39, 0.29) is 6.04 Å². The van der Waals surface area contributed by atoms with Gasteiger partial charge in [0, 0.05) is 18.0 Å². The van der Waals surface area contributed by atoms with Crippen molar-refractivity contribution >= 4 is 5.97 Å². The summed E-state index contributed by atoms with van der Waals surface area (Å²) in [5.74, 6) is 0.310. The Morgan fingerprint density at radius 1 is 1.35 bits per heavy atom. The first kappa shape index (κ1) is 16.6. The summed E-state index contributed by atoms with van der Waals surface area (Å²) in [4.78, 5) is 14.3. The summed E-state index contributed by atoms with van der Waals surface area (Å²) in [6.45, 7) is 2.00. The fraction of sp³-hybridized carbons (Fsp3) is 0.667. The first-order chi connectivity index (χ1) is 12.5. The van der Waals surface area contributed by atoms with E-state index in [0.717, 1.165) is 43.2 Å². The molecule has 2 saturated carbocycles. The topological polar surface area (TPSA) is 70.0 Å². The van der Waals surface area contributed by atoms with Crippen molar-refractivity contribution in [2.75, 3.05) is 20.2 Å². The van der Waals surface area contributed by atoms with Crippen LogP contribution < -0.4 is 4.74 Å². The fourth-order valence-electron chi connectivity index (χ4n) is 6.12. The van der Waals surface area contributed by atoms with Crippen LogP contribution in [0.5, 0.6) is 5.75 Å². The number of methoxy groups -OCH3 is 1. The summed E-state index contributed by atoms with van der Waals surface area (Å²) >= 11 is 0. The average Bonchev–Trinajstić information content (AvgIpc) is 3.36. The summed E-state index contributed by atoms with van der Waals surface area (Å²) in [7, 11) is 1.66. The maximum Gasteiger partial charge on any atom is 0.306 e. The molecule has 4 atom stereocenters. The van der Waals surface area contributed by atoms with Gasteiger partial charge < -0.3 is 14.9 Å². The van der Waals surface area contributed by atoms with Crippen LogP contribution in [0.3, 0.4) is 0 Å². The summed E-state index contributed by atoms with van der Waals surface area (Å²) in [6, 6.07) is 6.20. The molecule has 0 spiro atoms. The van der Waals surface area contributed by atoms with Crippen molar-refractivity contribution in [1.82, 2.24) is 4.90 Å². The van der Waals surface area contributed by atoms with Crippen LogP contribution >= 0.6 is 0 Å². The van der Waals surface area contributed by atoms with Crippen molar-refractivity contribution in [1.29, 1.82) is 0 Å². The highest BCUT2D eigenvalue weighted by atomic mass is 16.5. The first-order valence-electron chi connectivity index (χ1n) is 9.83. The molecule has 5 rings (SSSR count). The SMILES string of the molecule is COc1ccc2c(c1)C13CCN(CC4CC4)[C@H](C2)[C@]1(O)C[C@H](C(=O)O)C3. The van der Waals surface area contributed by atoms with E-state index in [4.69, 9.17) is 4.74 Å². The van der Waals surface area contributed by atoms with Crippen LogP contribution in [0, 0.1) is 11.8 Å². The predicted molar refractivity (Wildman–Crippen MR) is 96.4 cm³/mol. The smallest absolute Gasteiger partial charge is 0.306 e. The van der Waals surface area contributed by atoms with Gasteiger partial charge in [-0.25, -0.2) is 0 Å². The standard InChI is InChI=1S/C21H27NO4/c1-26-16-5-4-14-8-18-21(25)11-15(19(23)24)10-20(21,17(14)9-16)6-7-22(18)12-13-2-3-13/h4-5,9,13,15,18,25H,2-3,6-8,10-12H2,1H3,(H,23,24)/t15-,18-,20?,21-/m1/s1. The summed E-state index contributed by atoms with van der Waals surface area (Å²) in [5, 5.41) is 21.7. The number of aliphatic carboxylic acids is 1. The van der Waals surface area contributed by atoms with Crippen molar-refractivity contribution in [2.45, 2.75) is 55.6 Å². The molecule has 1 unspecified atom stereocenters. The molecule has 2 bridgehead atoms. The van der Waals surface area contributed by atoms with Gasteiger partial charge in [-0.05, 0) is 74.2 Å². The molecule has 1 saturated heterocycles. The molecule has 0 radical (unpaired) electrons. The lowest BCUT2D eigenvalue weighted by atomic mass is 9.56. The largest absolute Gasteiger partial charge is 0.497 e. The van der Waals surface area contributed by atoms with Gasteiger partial charge in [0.25, 0.3) is 0 Å². The molecule has 1 heterocycles. The Hall–Kier alpha value is -1.59. The Morgan fingerprint density at radius 3 is 2.85 bits per heavy atom. The highest BCUT2D eigenvalue weighted by molar-refractivity contribution is 5.72. The maximum absolute atomic E-state index is 12.0. The normalized spacial score (nSPS) is 38.5. The number of benzene rings is 1. The number of hydrogen-bond acceptors (Lipinski definition) is 4. The number of likely N-dealkylation sites (tertiary alicyclic amines) is 1. The summed E-state index contributed by atoms with van der Waals surface area (Å²) in [6.07, 6.45) is 5.11. The third kappa shape index (κ3) is 2.13. The monoisotopic (exact) mass is 357 g/mol. The molecule has 26 heavy (non-hydrogen) atoms. The number of aliphatic hydroxyl groups is 1. The van der Waals surface area contributed by atoms with E-state index in [1.165, 1.54) is 18.4 Å². The molecule has 140 valence electrons. The molecule has 2 N–H and O–H groups in total. The van der Waals surface area contributed by atoms with Gasteiger partial charge in [0.05, 0.1) is 18.6 Å². The van der Waals surface area contributed by atoms with Gasteiger partial charge in [-0.2, -0.15) is 0 Å². The molecule has 0 aromatic heterocycles. The van der Waals surface area contributed by atoms with Crippen molar-refractivity contribution in [3.8, 4) is 5.75 Å². The van der Waals surface area contributed by atoms with Crippen LogP contribution in [0.2, 0.25) is 0 Å². The predicted octanol–water partition coefficient (Wildman–Crippen LogP) is 2.20. The Labute approximate surface area is 154 Å².